The number of rotatable bonds is 5. The number of furan rings is 1. The summed E-state index contributed by atoms with van der Waals surface area (Å²) in [6.07, 6.45) is 0.971. The first-order valence-electron chi connectivity index (χ1n) is 6.53. The SMILES string of the molecule is COC(=O)c1ccoc1S(=O)(=O)NC(=O)Nc1nc(C)nc(OC)n1. The van der Waals surface area contributed by atoms with Gasteiger partial charge in [-0.15, -0.1) is 0 Å². The average molecular weight is 371 g/mol. The molecule has 2 aromatic heterocycles. The van der Waals surface area contributed by atoms with Gasteiger partial charge in [0.05, 0.1) is 20.5 Å². The van der Waals surface area contributed by atoms with Gasteiger partial charge in [-0.3, -0.25) is 5.32 Å². The Bertz CT molecular complexity index is 908. The number of urea groups is 1. The van der Waals surface area contributed by atoms with E-state index in [0.29, 0.717) is 0 Å². The van der Waals surface area contributed by atoms with Crippen LogP contribution in [0.2, 0.25) is 0 Å². The van der Waals surface area contributed by atoms with E-state index in [4.69, 9.17) is 9.15 Å². The lowest BCUT2D eigenvalue weighted by molar-refractivity contribution is 0.0593. The molecule has 0 aliphatic carbocycles. The number of carbonyl (C=O) groups excluding carboxylic acids is 2. The van der Waals surface area contributed by atoms with Crippen LogP contribution in [0.15, 0.2) is 21.8 Å². The van der Waals surface area contributed by atoms with E-state index in [2.05, 4.69) is 25.0 Å². The molecule has 134 valence electrons. The summed E-state index contributed by atoms with van der Waals surface area (Å²) in [7, 11) is -2.09. The Morgan fingerprint density at radius 2 is 1.92 bits per heavy atom. The number of hydrogen-bond acceptors (Lipinski definition) is 10. The van der Waals surface area contributed by atoms with Crippen molar-refractivity contribution in [3.8, 4) is 6.01 Å². The summed E-state index contributed by atoms with van der Waals surface area (Å²) in [5.74, 6) is -0.930. The first kappa shape index (κ1) is 18.1. The number of aryl methyl sites for hydroxylation is 1. The van der Waals surface area contributed by atoms with E-state index in [1.807, 2.05) is 0 Å². The van der Waals surface area contributed by atoms with E-state index in [1.54, 1.807) is 4.72 Å². The van der Waals surface area contributed by atoms with E-state index in [-0.39, 0.29) is 23.3 Å². The molecule has 0 aliphatic rings. The Labute approximate surface area is 141 Å². The van der Waals surface area contributed by atoms with Gasteiger partial charge in [0.25, 0.3) is 15.1 Å². The Balaban J connectivity index is 2.19. The Hall–Kier alpha value is -3.22. The number of nitrogens with one attached hydrogen (secondary N) is 2. The number of amides is 2. The third kappa shape index (κ3) is 4.20. The van der Waals surface area contributed by atoms with Crippen molar-refractivity contribution in [2.75, 3.05) is 19.5 Å². The number of anilines is 1. The lowest BCUT2D eigenvalue weighted by atomic mass is 10.3. The molecule has 0 atom stereocenters. The lowest BCUT2D eigenvalue weighted by Gasteiger charge is -2.08. The Kier molecular flexibility index (Phi) is 5.17. The highest BCUT2D eigenvalue weighted by molar-refractivity contribution is 7.90. The first-order valence-corrected chi connectivity index (χ1v) is 8.01. The monoisotopic (exact) mass is 371 g/mol. The molecule has 0 unspecified atom stereocenters. The molecular formula is C12H13N5O7S. The largest absolute Gasteiger partial charge is 0.467 e. The quantitative estimate of drug-likeness (QED) is 0.688. The van der Waals surface area contributed by atoms with E-state index in [0.717, 1.165) is 19.4 Å². The molecule has 0 bridgehead atoms. The van der Waals surface area contributed by atoms with Crippen LogP contribution in [0.5, 0.6) is 6.01 Å². The highest BCUT2D eigenvalue weighted by Gasteiger charge is 2.29. The molecule has 2 aromatic rings. The Morgan fingerprint density at radius 1 is 1.20 bits per heavy atom. The van der Waals surface area contributed by atoms with Crippen molar-refractivity contribution in [2.24, 2.45) is 0 Å². The van der Waals surface area contributed by atoms with Gasteiger partial charge in [-0.1, -0.05) is 0 Å². The minimum Gasteiger partial charge on any atom is -0.467 e. The van der Waals surface area contributed by atoms with Gasteiger partial charge in [0.2, 0.25) is 5.95 Å². The summed E-state index contributed by atoms with van der Waals surface area (Å²) < 4.78 is 40.0. The van der Waals surface area contributed by atoms with Crippen LogP contribution in [-0.2, 0) is 14.8 Å². The van der Waals surface area contributed by atoms with Crippen LogP contribution < -0.4 is 14.8 Å². The van der Waals surface area contributed by atoms with Gasteiger partial charge < -0.3 is 13.9 Å². The molecule has 0 aliphatic heterocycles. The van der Waals surface area contributed by atoms with Crippen molar-refractivity contribution < 1.29 is 31.9 Å². The maximum Gasteiger partial charge on any atom is 0.342 e. The molecular weight excluding hydrogens is 358 g/mol. The molecule has 0 aromatic carbocycles. The fourth-order valence-corrected chi connectivity index (χ4v) is 2.68. The topological polar surface area (TPSA) is 163 Å². The zero-order valence-corrected chi connectivity index (χ0v) is 14.1. The maximum absolute atomic E-state index is 12.2. The second-order valence-electron chi connectivity index (χ2n) is 4.37. The molecule has 0 spiro atoms. The van der Waals surface area contributed by atoms with Gasteiger partial charge in [0.15, 0.2) is 0 Å². The van der Waals surface area contributed by atoms with Crippen molar-refractivity contribution >= 4 is 28.0 Å². The normalized spacial score (nSPS) is 10.8. The third-order valence-electron chi connectivity index (χ3n) is 2.64. The van der Waals surface area contributed by atoms with E-state index in [9.17, 15) is 18.0 Å². The fraction of sp³-hybridized carbons (Fsp3) is 0.250. The summed E-state index contributed by atoms with van der Waals surface area (Å²) in [6, 6.07) is -0.150. The third-order valence-corrected chi connectivity index (χ3v) is 3.90. The fourth-order valence-electron chi connectivity index (χ4n) is 1.66. The number of aromatic nitrogens is 3. The highest BCUT2D eigenvalue weighted by atomic mass is 32.2. The molecule has 2 N–H and O–H groups in total. The summed E-state index contributed by atoms with van der Waals surface area (Å²) >= 11 is 0. The second kappa shape index (κ2) is 7.12. The minimum absolute atomic E-state index is 0.0651. The van der Waals surface area contributed by atoms with Gasteiger partial charge in [0, 0.05) is 0 Å². The van der Waals surface area contributed by atoms with Crippen molar-refractivity contribution in [1.29, 1.82) is 0 Å². The van der Waals surface area contributed by atoms with Gasteiger partial charge in [-0.25, -0.2) is 14.3 Å². The van der Waals surface area contributed by atoms with Crippen LogP contribution in [0.4, 0.5) is 10.7 Å². The summed E-state index contributed by atoms with van der Waals surface area (Å²) in [6.45, 7) is 1.52. The van der Waals surface area contributed by atoms with Crippen molar-refractivity contribution in [3.63, 3.8) is 0 Å². The van der Waals surface area contributed by atoms with Crippen molar-refractivity contribution in [3.05, 3.63) is 23.7 Å². The molecule has 13 heteroatoms. The number of nitrogens with zero attached hydrogens (tertiary/aromatic N) is 3. The number of ether oxygens (including phenoxy) is 2. The molecule has 2 rings (SSSR count). The smallest absolute Gasteiger partial charge is 0.342 e. The van der Waals surface area contributed by atoms with Gasteiger partial charge >= 0.3 is 18.0 Å². The van der Waals surface area contributed by atoms with Gasteiger partial charge in [-0.2, -0.15) is 23.4 Å². The first-order chi connectivity index (χ1) is 11.8. The molecule has 12 nitrogen and oxygen atoms in total. The predicted octanol–water partition coefficient (Wildman–Crippen LogP) is 0.0786. The molecule has 0 saturated heterocycles. The summed E-state index contributed by atoms with van der Waals surface area (Å²) in [4.78, 5) is 34.8. The number of sulfonamides is 1. The lowest BCUT2D eigenvalue weighted by Crippen LogP contribution is -2.35. The predicted molar refractivity (Wildman–Crippen MR) is 80.5 cm³/mol. The standard InChI is InChI=1S/C12H13N5O7S/c1-6-13-10(16-12(14-6)23-3)15-11(19)17-25(20,21)9-7(4-5-24-9)8(18)22-2/h4-5H,1-3H3,(H2,13,14,15,16,17,19). The van der Waals surface area contributed by atoms with Gasteiger partial charge in [0.1, 0.15) is 11.4 Å². The zero-order chi connectivity index (χ0) is 18.6. The molecule has 0 fully saturated rings. The van der Waals surface area contributed by atoms with Crippen LogP contribution in [0, 0.1) is 6.92 Å². The highest BCUT2D eigenvalue weighted by Crippen LogP contribution is 2.18. The van der Waals surface area contributed by atoms with Gasteiger partial charge in [-0.05, 0) is 13.0 Å². The Morgan fingerprint density at radius 3 is 2.56 bits per heavy atom. The van der Waals surface area contributed by atoms with Crippen LogP contribution in [-0.4, -0.2) is 49.6 Å². The van der Waals surface area contributed by atoms with Crippen LogP contribution >= 0.6 is 0 Å². The van der Waals surface area contributed by atoms with E-state index >= 15 is 0 Å². The van der Waals surface area contributed by atoms with E-state index in [1.165, 1.54) is 14.0 Å². The van der Waals surface area contributed by atoms with E-state index < -0.39 is 27.1 Å². The van der Waals surface area contributed by atoms with Crippen LogP contribution in [0.1, 0.15) is 16.2 Å². The molecule has 25 heavy (non-hydrogen) atoms. The van der Waals surface area contributed by atoms with Crippen LogP contribution in [0.25, 0.3) is 0 Å². The number of hydrogen-bond donors (Lipinski definition) is 2. The molecule has 0 saturated carbocycles. The zero-order valence-electron chi connectivity index (χ0n) is 13.3. The van der Waals surface area contributed by atoms with Crippen LogP contribution in [0.3, 0.4) is 0 Å². The number of carbonyl (C=O) groups is 2. The van der Waals surface area contributed by atoms with Crippen molar-refractivity contribution in [1.82, 2.24) is 19.7 Å². The minimum atomic E-state index is -4.48. The number of methoxy groups -OCH3 is 2. The maximum atomic E-state index is 12.2. The summed E-state index contributed by atoms with van der Waals surface area (Å²) in [5.41, 5.74) is -0.361. The molecule has 0 radical (unpaired) electrons. The second-order valence-corrected chi connectivity index (χ2v) is 5.95. The molecule has 2 heterocycles. The molecule has 2 amide bonds. The van der Waals surface area contributed by atoms with Crippen molar-refractivity contribution in [2.45, 2.75) is 12.0 Å². The number of esters is 1. The average Bonchev–Trinajstić information content (AvgIpc) is 3.03. The summed E-state index contributed by atoms with van der Waals surface area (Å²) in [5, 5.41) is 1.34.